The number of para-hydroxylation sites is 1. The van der Waals surface area contributed by atoms with Gasteiger partial charge in [0.1, 0.15) is 18.0 Å². The molecule has 1 amide bonds. The number of aryl methyl sites for hydroxylation is 1. The Kier molecular flexibility index (Phi) is 6.53. The Bertz CT molecular complexity index is 1270. The number of benzene rings is 1. The fraction of sp³-hybridized carbons (Fsp3) is 0.280. The molecule has 33 heavy (non-hydrogen) atoms. The predicted molar refractivity (Wildman–Crippen MR) is 129 cm³/mol. The minimum Gasteiger partial charge on any atom is -0.370 e. The summed E-state index contributed by atoms with van der Waals surface area (Å²) >= 11 is 0. The van der Waals surface area contributed by atoms with Crippen LogP contribution in [-0.2, 0) is 0 Å². The number of anilines is 1. The van der Waals surface area contributed by atoms with Crippen LogP contribution in [0, 0.1) is 12.8 Å². The lowest BCUT2D eigenvalue weighted by Crippen LogP contribution is -2.19. The van der Waals surface area contributed by atoms with Gasteiger partial charge >= 0.3 is 0 Å². The fourth-order valence-corrected chi connectivity index (χ4v) is 3.78. The van der Waals surface area contributed by atoms with Crippen molar-refractivity contribution in [3.63, 3.8) is 0 Å². The second kappa shape index (κ2) is 9.68. The Balaban J connectivity index is 1.51. The molecule has 3 heterocycles. The number of pyridine rings is 1. The zero-order valence-corrected chi connectivity index (χ0v) is 19.2. The summed E-state index contributed by atoms with van der Waals surface area (Å²) in [6, 6.07) is 9.68. The minimum atomic E-state index is -0.111. The molecule has 2 atom stereocenters. The molecule has 8 heteroatoms. The van der Waals surface area contributed by atoms with Gasteiger partial charge in [-0.15, -0.1) is 0 Å². The van der Waals surface area contributed by atoms with Gasteiger partial charge in [-0.3, -0.25) is 9.78 Å². The van der Waals surface area contributed by atoms with E-state index in [4.69, 9.17) is 0 Å². The number of hydrogen-bond donors (Lipinski definition) is 2. The van der Waals surface area contributed by atoms with Crippen LogP contribution >= 0.6 is 0 Å². The van der Waals surface area contributed by atoms with Crippen LogP contribution in [0.5, 0.6) is 0 Å². The highest BCUT2D eigenvalue weighted by atomic mass is 16.1. The number of carbonyl (C=O) groups is 1. The first-order chi connectivity index (χ1) is 16.0. The smallest absolute Gasteiger partial charge is 0.251 e. The summed E-state index contributed by atoms with van der Waals surface area (Å²) in [7, 11) is 1.64. The van der Waals surface area contributed by atoms with Crippen molar-refractivity contribution in [3.05, 3.63) is 72.2 Å². The number of aromatic nitrogens is 5. The molecule has 168 valence electrons. The van der Waals surface area contributed by atoms with Gasteiger partial charge < -0.3 is 10.6 Å². The molecule has 4 rings (SSSR count). The number of nitrogens with zero attached hydrogens (tertiary/aromatic N) is 5. The van der Waals surface area contributed by atoms with E-state index in [1.54, 1.807) is 38.0 Å². The van der Waals surface area contributed by atoms with Gasteiger partial charge in [-0.2, -0.15) is 0 Å². The van der Waals surface area contributed by atoms with Crippen molar-refractivity contribution in [2.75, 3.05) is 18.9 Å². The molecule has 2 N–H and O–H groups in total. The Morgan fingerprint density at radius 3 is 2.58 bits per heavy atom. The quantitative estimate of drug-likeness (QED) is 0.446. The molecule has 0 radical (unpaired) electrons. The maximum Gasteiger partial charge on any atom is 0.251 e. The lowest BCUT2D eigenvalue weighted by Gasteiger charge is -2.22. The maximum absolute atomic E-state index is 12.3. The van der Waals surface area contributed by atoms with E-state index in [1.165, 1.54) is 0 Å². The normalized spacial score (nSPS) is 12.8. The van der Waals surface area contributed by atoms with Gasteiger partial charge in [-0.05, 0) is 30.4 Å². The highest BCUT2D eigenvalue weighted by Gasteiger charge is 2.19. The van der Waals surface area contributed by atoms with Gasteiger partial charge in [0, 0.05) is 49.2 Å². The summed E-state index contributed by atoms with van der Waals surface area (Å²) in [5.74, 6) is 1.85. The molecule has 0 aliphatic carbocycles. The molecule has 0 bridgehead atoms. The molecular formula is C25H27N7O. The average molecular weight is 442 g/mol. The van der Waals surface area contributed by atoms with Crippen molar-refractivity contribution < 1.29 is 4.79 Å². The van der Waals surface area contributed by atoms with Crippen LogP contribution in [0.1, 0.15) is 41.5 Å². The van der Waals surface area contributed by atoms with Crippen LogP contribution in [0.4, 0.5) is 5.82 Å². The summed E-state index contributed by atoms with van der Waals surface area (Å²) in [5.41, 5.74) is 4.24. The van der Waals surface area contributed by atoms with Crippen LogP contribution in [0.25, 0.3) is 22.2 Å². The summed E-state index contributed by atoms with van der Waals surface area (Å²) in [6.45, 7) is 6.94. The molecule has 1 unspecified atom stereocenters. The topological polar surface area (TPSA) is 106 Å². The van der Waals surface area contributed by atoms with Crippen molar-refractivity contribution in [2.45, 2.75) is 26.7 Å². The van der Waals surface area contributed by atoms with Crippen molar-refractivity contribution in [1.82, 2.24) is 30.2 Å². The maximum atomic E-state index is 12.3. The van der Waals surface area contributed by atoms with Crippen LogP contribution in [-0.4, -0.2) is 44.4 Å². The van der Waals surface area contributed by atoms with Gasteiger partial charge in [0.15, 0.2) is 0 Å². The van der Waals surface area contributed by atoms with Crippen LogP contribution < -0.4 is 10.6 Å². The Labute approximate surface area is 193 Å². The monoisotopic (exact) mass is 441 g/mol. The molecule has 0 spiro atoms. The lowest BCUT2D eigenvalue weighted by atomic mass is 9.87. The first-order valence-electron chi connectivity index (χ1n) is 10.9. The number of nitrogens with one attached hydrogen (secondary N) is 2. The standard InChI is InChI=1S/C25H27N7O/c1-15(11-30-23-10-22(31-14-32-23)18-12-28-17(3)29-13-18)16(2)19-6-5-7-20-21(25(33)26-4)8-9-27-24(19)20/h5-10,12-16H,11H2,1-4H3,(H,26,33)(H,30,31,32)/t15-,16?/m1/s1. The fourth-order valence-electron chi connectivity index (χ4n) is 3.78. The summed E-state index contributed by atoms with van der Waals surface area (Å²) in [5, 5.41) is 7.00. The summed E-state index contributed by atoms with van der Waals surface area (Å²) < 4.78 is 0. The molecular weight excluding hydrogens is 414 g/mol. The van der Waals surface area contributed by atoms with E-state index in [0.717, 1.165) is 39.4 Å². The molecule has 0 saturated carbocycles. The van der Waals surface area contributed by atoms with Crippen molar-refractivity contribution in [3.8, 4) is 11.3 Å². The zero-order chi connectivity index (χ0) is 23.4. The number of rotatable bonds is 7. The third kappa shape index (κ3) is 4.79. The first kappa shape index (κ1) is 22.3. The second-order valence-corrected chi connectivity index (χ2v) is 8.14. The van der Waals surface area contributed by atoms with E-state index in [0.29, 0.717) is 12.1 Å². The van der Waals surface area contributed by atoms with Gasteiger partial charge in [0.05, 0.1) is 16.8 Å². The van der Waals surface area contributed by atoms with Gasteiger partial charge in [-0.1, -0.05) is 32.0 Å². The number of fused-ring (bicyclic) bond motifs is 1. The van der Waals surface area contributed by atoms with E-state index < -0.39 is 0 Å². The molecule has 0 fully saturated rings. The van der Waals surface area contributed by atoms with Crippen LogP contribution in [0.3, 0.4) is 0 Å². The molecule has 8 nitrogen and oxygen atoms in total. The minimum absolute atomic E-state index is 0.111. The molecule has 0 aliphatic rings. The SMILES string of the molecule is CNC(=O)c1ccnc2c(C(C)[C@H](C)CNc3cc(-c4cnc(C)nc4)ncn3)cccc12. The largest absolute Gasteiger partial charge is 0.370 e. The third-order valence-corrected chi connectivity index (χ3v) is 5.97. The van der Waals surface area contributed by atoms with Gasteiger partial charge in [-0.25, -0.2) is 19.9 Å². The van der Waals surface area contributed by atoms with E-state index in [1.807, 2.05) is 25.1 Å². The molecule has 0 saturated heterocycles. The van der Waals surface area contributed by atoms with E-state index in [-0.39, 0.29) is 17.7 Å². The van der Waals surface area contributed by atoms with Crippen LogP contribution in [0.15, 0.2) is 55.2 Å². The highest BCUT2D eigenvalue weighted by molar-refractivity contribution is 6.06. The van der Waals surface area contributed by atoms with Crippen LogP contribution in [0.2, 0.25) is 0 Å². The predicted octanol–water partition coefficient (Wildman–Crippen LogP) is 4.00. The Morgan fingerprint density at radius 1 is 1.03 bits per heavy atom. The van der Waals surface area contributed by atoms with Crippen molar-refractivity contribution >= 4 is 22.6 Å². The first-order valence-corrected chi connectivity index (χ1v) is 10.9. The van der Waals surface area contributed by atoms with Gasteiger partial charge in [0.25, 0.3) is 5.91 Å². The molecule has 1 aromatic carbocycles. The number of carbonyl (C=O) groups excluding carboxylic acids is 1. The highest BCUT2D eigenvalue weighted by Crippen LogP contribution is 2.31. The molecule has 4 aromatic rings. The average Bonchev–Trinajstić information content (AvgIpc) is 2.86. The Morgan fingerprint density at radius 2 is 1.82 bits per heavy atom. The lowest BCUT2D eigenvalue weighted by molar-refractivity contribution is 0.0964. The third-order valence-electron chi connectivity index (χ3n) is 5.97. The second-order valence-electron chi connectivity index (χ2n) is 8.14. The van der Waals surface area contributed by atoms with E-state index in [2.05, 4.69) is 55.5 Å². The van der Waals surface area contributed by atoms with Crippen molar-refractivity contribution in [2.24, 2.45) is 5.92 Å². The Hall–Kier alpha value is -3.94. The zero-order valence-electron chi connectivity index (χ0n) is 19.2. The van der Waals surface area contributed by atoms with E-state index in [9.17, 15) is 4.79 Å². The summed E-state index contributed by atoms with van der Waals surface area (Å²) in [6.07, 6.45) is 6.77. The number of amides is 1. The summed E-state index contributed by atoms with van der Waals surface area (Å²) in [4.78, 5) is 34.1. The number of hydrogen-bond acceptors (Lipinski definition) is 7. The van der Waals surface area contributed by atoms with Gasteiger partial charge in [0.2, 0.25) is 0 Å². The molecule has 0 aliphatic heterocycles. The van der Waals surface area contributed by atoms with E-state index >= 15 is 0 Å². The van der Waals surface area contributed by atoms with Crippen molar-refractivity contribution in [1.29, 1.82) is 0 Å². The molecule has 3 aromatic heterocycles.